The molecule has 1 aliphatic rings. The highest BCUT2D eigenvalue weighted by atomic mass is 32.2. The van der Waals surface area contributed by atoms with E-state index in [0.29, 0.717) is 19.5 Å². The van der Waals surface area contributed by atoms with Crippen molar-refractivity contribution in [1.82, 2.24) is 9.21 Å². The van der Waals surface area contributed by atoms with Crippen LogP contribution in [0.4, 0.5) is 4.39 Å². The Bertz CT molecular complexity index is 863. The molecule has 1 amide bonds. The van der Waals surface area contributed by atoms with E-state index in [4.69, 9.17) is 0 Å². The number of amides is 1. The molecule has 0 aliphatic carbocycles. The van der Waals surface area contributed by atoms with Crippen molar-refractivity contribution in [2.24, 2.45) is 0 Å². The minimum absolute atomic E-state index is 0.0505. The van der Waals surface area contributed by atoms with Gasteiger partial charge in [0.05, 0.1) is 5.75 Å². The van der Waals surface area contributed by atoms with Crippen molar-refractivity contribution in [3.05, 3.63) is 71.5 Å². The van der Waals surface area contributed by atoms with E-state index in [2.05, 4.69) is 0 Å². The molecule has 0 unspecified atom stereocenters. The molecule has 0 bridgehead atoms. The second-order valence-corrected chi connectivity index (χ2v) is 8.34. The third kappa shape index (κ3) is 4.47. The zero-order valence-corrected chi connectivity index (χ0v) is 15.2. The number of benzene rings is 2. The first kappa shape index (κ1) is 18.5. The number of hydrogen-bond acceptors (Lipinski definition) is 3. The lowest BCUT2D eigenvalue weighted by molar-refractivity contribution is 0.0697. The van der Waals surface area contributed by atoms with Gasteiger partial charge in [-0.15, -0.1) is 0 Å². The maximum Gasteiger partial charge on any atom is 0.254 e. The Hall–Kier alpha value is -2.25. The van der Waals surface area contributed by atoms with Gasteiger partial charge in [0.2, 0.25) is 10.0 Å². The molecule has 1 heterocycles. The number of carbonyl (C=O) groups is 1. The maximum absolute atomic E-state index is 13.3. The summed E-state index contributed by atoms with van der Waals surface area (Å²) >= 11 is 0. The standard InChI is InChI=1S/C19H21FN2O3S/c20-18-8-4-7-17(15-18)19(23)21-10-12-22(13-11-21)26(24,25)14-9-16-5-2-1-3-6-16/h1-8,15H,9-14H2. The van der Waals surface area contributed by atoms with Gasteiger partial charge in [0.25, 0.3) is 5.91 Å². The first-order chi connectivity index (χ1) is 12.5. The molecule has 1 aliphatic heterocycles. The summed E-state index contributed by atoms with van der Waals surface area (Å²) in [4.78, 5) is 14.0. The fourth-order valence-corrected chi connectivity index (χ4v) is 4.47. The van der Waals surface area contributed by atoms with Crippen LogP contribution in [-0.2, 0) is 16.4 Å². The van der Waals surface area contributed by atoms with Crippen LogP contribution >= 0.6 is 0 Å². The molecule has 1 fully saturated rings. The van der Waals surface area contributed by atoms with Crippen LogP contribution in [0.2, 0.25) is 0 Å². The Morgan fingerprint density at radius 3 is 2.31 bits per heavy atom. The van der Waals surface area contributed by atoms with E-state index in [1.807, 2.05) is 30.3 Å². The monoisotopic (exact) mass is 376 g/mol. The average molecular weight is 376 g/mol. The summed E-state index contributed by atoms with van der Waals surface area (Å²) in [5, 5.41) is 0. The van der Waals surface area contributed by atoms with Gasteiger partial charge in [-0.25, -0.2) is 12.8 Å². The quantitative estimate of drug-likeness (QED) is 0.804. The summed E-state index contributed by atoms with van der Waals surface area (Å²) in [6.45, 7) is 1.14. The first-order valence-electron chi connectivity index (χ1n) is 8.52. The summed E-state index contributed by atoms with van der Waals surface area (Å²) in [5.74, 6) is -0.682. The van der Waals surface area contributed by atoms with Crippen molar-refractivity contribution >= 4 is 15.9 Å². The van der Waals surface area contributed by atoms with Gasteiger partial charge in [-0.2, -0.15) is 4.31 Å². The number of sulfonamides is 1. The fraction of sp³-hybridized carbons (Fsp3) is 0.316. The van der Waals surface area contributed by atoms with Crippen LogP contribution in [0.1, 0.15) is 15.9 Å². The van der Waals surface area contributed by atoms with E-state index in [1.54, 1.807) is 11.0 Å². The minimum Gasteiger partial charge on any atom is -0.336 e. The predicted octanol–water partition coefficient (Wildman–Crippen LogP) is 2.16. The van der Waals surface area contributed by atoms with E-state index < -0.39 is 15.8 Å². The Labute approximate surface area is 153 Å². The predicted molar refractivity (Wildman–Crippen MR) is 97.8 cm³/mol. The van der Waals surface area contributed by atoms with E-state index >= 15 is 0 Å². The molecule has 7 heteroatoms. The molecule has 0 atom stereocenters. The normalized spacial score (nSPS) is 15.8. The summed E-state index contributed by atoms with van der Waals surface area (Å²) < 4.78 is 39.8. The van der Waals surface area contributed by atoms with Crippen LogP contribution in [0.3, 0.4) is 0 Å². The molecule has 3 rings (SSSR count). The van der Waals surface area contributed by atoms with Gasteiger partial charge in [0, 0.05) is 31.7 Å². The molecule has 5 nitrogen and oxygen atoms in total. The third-order valence-electron chi connectivity index (χ3n) is 4.48. The van der Waals surface area contributed by atoms with Crippen LogP contribution in [0, 0.1) is 5.82 Å². The number of hydrogen-bond donors (Lipinski definition) is 0. The molecule has 0 spiro atoms. The number of halogens is 1. The summed E-state index contributed by atoms with van der Waals surface area (Å²) in [6, 6.07) is 15.0. The summed E-state index contributed by atoms with van der Waals surface area (Å²) in [5.41, 5.74) is 1.27. The van der Waals surface area contributed by atoms with Gasteiger partial charge in [0.1, 0.15) is 5.82 Å². The van der Waals surface area contributed by atoms with Gasteiger partial charge in [-0.3, -0.25) is 4.79 Å². The van der Waals surface area contributed by atoms with Crippen LogP contribution in [0.25, 0.3) is 0 Å². The van der Waals surface area contributed by atoms with Crippen molar-refractivity contribution in [2.75, 3.05) is 31.9 Å². The van der Waals surface area contributed by atoms with Crippen molar-refractivity contribution in [3.8, 4) is 0 Å². The van der Waals surface area contributed by atoms with Gasteiger partial charge in [-0.1, -0.05) is 36.4 Å². The van der Waals surface area contributed by atoms with Crippen molar-refractivity contribution in [2.45, 2.75) is 6.42 Å². The highest BCUT2D eigenvalue weighted by Crippen LogP contribution is 2.14. The molecule has 138 valence electrons. The SMILES string of the molecule is O=C(c1cccc(F)c1)N1CCN(S(=O)(=O)CCc2ccccc2)CC1. The Morgan fingerprint density at radius 2 is 1.65 bits per heavy atom. The number of carbonyl (C=O) groups excluding carboxylic acids is 1. The molecular formula is C19H21FN2O3S. The molecule has 0 radical (unpaired) electrons. The maximum atomic E-state index is 13.3. The van der Waals surface area contributed by atoms with Crippen LogP contribution in [0.15, 0.2) is 54.6 Å². The molecular weight excluding hydrogens is 355 g/mol. The topological polar surface area (TPSA) is 57.7 Å². The number of piperazine rings is 1. The van der Waals surface area contributed by atoms with Gasteiger partial charge < -0.3 is 4.90 Å². The first-order valence-corrected chi connectivity index (χ1v) is 10.1. The van der Waals surface area contributed by atoms with Crippen molar-refractivity contribution in [3.63, 3.8) is 0 Å². The lowest BCUT2D eigenvalue weighted by atomic mass is 10.2. The highest BCUT2D eigenvalue weighted by molar-refractivity contribution is 7.89. The molecule has 0 aromatic heterocycles. The third-order valence-corrected chi connectivity index (χ3v) is 6.35. The molecule has 0 N–H and O–H groups in total. The molecule has 1 saturated heterocycles. The largest absolute Gasteiger partial charge is 0.336 e. The molecule has 26 heavy (non-hydrogen) atoms. The molecule has 0 saturated carbocycles. The van der Waals surface area contributed by atoms with Gasteiger partial charge in [0.15, 0.2) is 0 Å². The number of rotatable bonds is 5. The van der Waals surface area contributed by atoms with Crippen molar-refractivity contribution in [1.29, 1.82) is 0 Å². The van der Waals surface area contributed by atoms with Gasteiger partial charge in [-0.05, 0) is 30.2 Å². The lowest BCUT2D eigenvalue weighted by Crippen LogP contribution is -2.51. The zero-order chi connectivity index (χ0) is 18.6. The van der Waals surface area contributed by atoms with Crippen molar-refractivity contribution < 1.29 is 17.6 Å². The number of aryl methyl sites for hydroxylation is 1. The van der Waals surface area contributed by atoms with Crippen LogP contribution in [0.5, 0.6) is 0 Å². The van der Waals surface area contributed by atoms with E-state index in [-0.39, 0.29) is 30.3 Å². The zero-order valence-electron chi connectivity index (χ0n) is 14.3. The van der Waals surface area contributed by atoms with E-state index in [1.165, 1.54) is 22.5 Å². The fourth-order valence-electron chi connectivity index (χ4n) is 2.99. The van der Waals surface area contributed by atoms with E-state index in [9.17, 15) is 17.6 Å². The minimum atomic E-state index is -3.37. The van der Waals surface area contributed by atoms with Crippen LogP contribution < -0.4 is 0 Å². The smallest absolute Gasteiger partial charge is 0.254 e. The van der Waals surface area contributed by atoms with Gasteiger partial charge >= 0.3 is 0 Å². The van der Waals surface area contributed by atoms with E-state index in [0.717, 1.165) is 5.56 Å². The Kier molecular flexibility index (Phi) is 5.68. The lowest BCUT2D eigenvalue weighted by Gasteiger charge is -2.34. The molecule has 2 aromatic rings. The number of nitrogens with zero attached hydrogens (tertiary/aromatic N) is 2. The second kappa shape index (κ2) is 7.97. The molecule has 2 aromatic carbocycles. The second-order valence-electron chi connectivity index (χ2n) is 6.25. The van der Waals surface area contributed by atoms with Crippen LogP contribution in [-0.4, -0.2) is 55.5 Å². The summed E-state index contributed by atoms with van der Waals surface area (Å²) in [6.07, 6.45) is 0.464. The Balaban J connectivity index is 1.56. The highest BCUT2D eigenvalue weighted by Gasteiger charge is 2.29. The Morgan fingerprint density at radius 1 is 0.962 bits per heavy atom. The summed E-state index contributed by atoms with van der Waals surface area (Å²) in [7, 11) is -3.37. The average Bonchev–Trinajstić information content (AvgIpc) is 2.67.